The predicted molar refractivity (Wildman–Crippen MR) is 98.6 cm³/mol. The Morgan fingerprint density at radius 3 is 2.69 bits per heavy atom. The maximum absolute atomic E-state index is 15.8. The molecule has 26 heavy (non-hydrogen) atoms. The average molecular weight is 367 g/mol. The molecule has 0 unspecified atom stereocenters. The number of hydrogen-bond acceptors (Lipinski definition) is 1. The summed E-state index contributed by atoms with van der Waals surface area (Å²) in [4.78, 5) is 0. The fourth-order valence-corrected chi connectivity index (χ4v) is 4.36. The van der Waals surface area contributed by atoms with Crippen LogP contribution in [-0.4, -0.2) is 11.4 Å². The van der Waals surface area contributed by atoms with Gasteiger partial charge in [-0.05, 0) is 30.3 Å². The molecule has 1 aliphatic rings. The number of hydrogen-bond donors (Lipinski definition) is 0. The second kappa shape index (κ2) is 4.45. The molecule has 0 N–H and O–H groups in total. The molecule has 1 aliphatic heterocycles. The third kappa shape index (κ3) is 1.52. The first-order valence-corrected chi connectivity index (χ1v) is 8.63. The number of para-hydroxylation sites is 3. The van der Waals surface area contributed by atoms with Gasteiger partial charge in [0, 0.05) is 32.9 Å². The molecule has 3 aromatic carbocycles. The van der Waals surface area contributed by atoms with Crippen LogP contribution in [0, 0.1) is 0 Å². The van der Waals surface area contributed by atoms with Gasteiger partial charge in [-0.1, -0.05) is 35.9 Å². The zero-order valence-electron chi connectivity index (χ0n) is 13.3. The maximum atomic E-state index is 15.8. The zero-order valence-corrected chi connectivity index (χ0v) is 14.0. The van der Waals surface area contributed by atoms with E-state index in [1.54, 1.807) is 42.5 Å². The lowest BCUT2D eigenvalue weighted by Crippen LogP contribution is -2.65. The van der Waals surface area contributed by atoms with Gasteiger partial charge in [0.1, 0.15) is 5.56 Å². The highest BCUT2D eigenvalue weighted by atomic mass is 35.5. The first-order chi connectivity index (χ1) is 12.6. The molecule has 0 atom stereocenters. The van der Waals surface area contributed by atoms with Crippen LogP contribution >= 0.6 is 11.6 Å². The minimum absolute atomic E-state index is 0.184. The molecular weight excluding hydrogens is 356 g/mol. The number of halogens is 3. The molecule has 2 aromatic heterocycles. The molecule has 3 heterocycles. The van der Waals surface area contributed by atoms with Gasteiger partial charge in [-0.15, -0.1) is 0 Å². The normalized spacial score (nSPS) is 15.0. The molecule has 0 bridgehead atoms. The van der Waals surface area contributed by atoms with Gasteiger partial charge in [-0.2, -0.15) is 0 Å². The van der Waals surface area contributed by atoms with Gasteiger partial charge < -0.3 is 17.5 Å². The van der Waals surface area contributed by atoms with Crippen molar-refractivity contribution >= 4 is 51.5 Å². The van der Waals surface area contributed by atoms with Crippen molar-refractivity contribution in [2.75, 3.05) is 0 Å². The smallest absolute Gasteiger partial charge is 0.401 e. The average Bonchev–Trinajstić information content (AvgIpc) is 3.17. The van der Waals surface area contributed by atoms with Crippen LogP contribution < -0.4 is 4.48 Å². The molecule has 0 saturated carbocycles. The molecule has 0 aliphatic carbocycles. The second-order valence-corrected chi connectivity index (χ2v) is 7.00. The lowest BCUT2D eigenvalue weighted by Gasteiger charge is -2.26. The van der Waals surface area contributed by atoms with Crippen LogP contribution in [0.15, 0.2) is 65.1 Å². The fourth-order valence-electron chi connectivity index (χ4n) is 4.18. The Morgan fingerprint density at radius 2 is 1.81 bits per heavy atom. The summed E-state index contributed by atoms with van der Waals surface area (Å²) in [7, 11) is 0. The first kappa shape index (κ1) is 14.3. The number of rotatable bonds is 0. The van der Waals surface area contributed by atoms with E-state index in [9.17, 15) is 0 Å². The van der Waals surface area contributed by atoms with E-state index in [-0.39, 0.29) is 5.89 Å². The van der Waals surface area contributed by atoms with Crippen LogP contribution in [0.3, 0.4) is 0 Å². The first-order valence-electron chi connectivity index (χ1n) is 8.25. The molecule has 0 saturated heterocycles. The van der Waals surface area contributed by atoms with E-state index in [0.717, 1.165) is 14.3 Å². The van der Waals surface area contributed by atoms with Crippen LogP contribution in [0.1, 0.15) is 0 Å². The van der Waals surface area contributed by atoms with E-state index in [0.29, 0.717) is 38.1 Å². The van der Waals surface area contributed by atoms with Crippen molar-refractivity contribution < 1.29 is 17.5 Å². The van der Waals surface area contributed by atoms with E-state index in [1.165, 1.54) is 0 Å². The van der Waals surface area contributed by atoms with Crippen LogP contribution in [0.25, 0.3) is 44.4 Å². The largest absolute Gasteiger partial charge is 0.740 e. The second-order valence-electron chi connectivity index (χ2n) is 6.57. The van der Waals surface area contributed by atoms with Gasteiger partial charge >= 0.3 is 12.9 Å². The Kier molecular flexibility index (Phi) is 2.45. The summed E-state index contributed by atoms with van der Waals surface area (Å²) >= 11 is 6.13. The van der Waals surface area contributed by atoms with E-state index in [1.807, 2.05) is 18.2 Å². The minimum atomic E-state index is -4.12. The van der Waals surface area contributed by atoms with Gasteiger partial charge in [-0.25, -0.2) is 0 Å². The molecule has 0 radical (unpaired) electrons. The SMILES string of the molecule is F[B-]1(F)n2c3ccc(Cl)cc3c3cccc(c32)-c2oc3ccccc3[n+]21. The third-order valence-corrected chi connectivity index (χ3v) is 5.42. The standard InChI is InChI=1S/C19H10BClF2N2O/c21-11-8-9-15-14(10-11)12-4-3-5-13-18(12)24(15)20(22,23)25-16-6-1-2-7-17(16)26-19(13)25/h1-10H. The molecule has 0 fully saturated rings. The molecule has 0 amide bonds. The number of oxazole rings is 1. The van der Waals surface area contributed by atoms with Crippen LogP contribution in [0.4, 0.5) is 8.63 Å². The zero-order chi connectivity index (χ0) is 17.6. The summed E-state index contributed by atoms with van der Waals surface area (Å²) in [5.74, 6) is 0.184. The number of nitrogens with zero attached hydrogens (tertiary/aromatic N) is 2. The van der Waals surface area contributed by atoms with Gasteiger partial charge in [0.25, 0.3) is 0 Å². The van der Waals surface area contributed by atoms with Crippen molar-refractivity contribution in [2.45, 2.75) is 0 Å². The Balaban J connectivity index is 1.92. The lowest BCUT2D eigenvalue weighted by molar-refractivity contribution is -0.534. The van der Waals surface area contributed by atoms with E-state index in [4.69, 9.17) is 16.0 Å². The topological polar surface area (TPSA) is 21.9 Å². The van der Waals surface area contributed by atoms with Crippen molar-refractivity contribution in [3.8, 4) is 11.5 Å². The quantitative estimate of drug-likeness (QED) is 0.344. The number of aromatic nitrogens is 2. The van der Waals surface area contributed by atoms with E-state index in [2.05, 4.69) is 0 Å². The van der Waals surface area contributed by atoms with Gasteiger partial charge in [0.15, 0.2) is 5.58 Å². The number of fused-ring (bicyclic) bond motifs is 7. The van der Waals surface area contributed by atoms with Crippen molar-refractivity contribution in [2.24, 2.45) is 0 Å². The lowest BCUT2D eigenvalue weighted by atomic mass is 9.90. The summed E-state index contributed by atoms with van der Waals surface area (Å²) < 4.78 is 39.6. The monoisotopic (exact) mass is 366 g/mol. The highest BCUT2D eigenvalue weighted by Gasteiger charge is 2.53. The minimum Gasteiger partial charge on any atom is -0.401 e. The summed E-state index contributed by atoms with van der Waals surface area (Å²) in [6.07, 6.45) is 0. The van der Waals surface area contributed by atoms with Crippen LogP contribution in [0.5, 0.6) is 0 Å². The summed E-state index contributed by atoms with van der Waals surface area (Å²) in [6, 6.07) is 17.4. The molecular formula is C19H10BClF2N2O. The van der Waals surface area contributed by atoms with E-state index >= 15 is 8.63 Å². The van der Waals surface area contributed by atoms with E-state index < -0.39 is 6.97 Å². The van der Waals surface area contributed by atoms with Crippen molar-refractivity contribution in [3.63, 3.8) is 0 Å². The Hall–Kier alpha value is -2.86. The number of benzene rings is 3. The molecule has 3 nitrogen and oxygen atoms in total. The van der Waals surface area contributed by atoms with Crippen molar-refractivity contribution in [3.05, 3.63) is 65.7 Å². The highest BCUT2D eigenvalue weighted by molar-refractivity contribution is 6.59. The van der Waals surface area contributed by atoms with Crippen LogP contribution in [-0.2, 0) is 0 Å². The van der Waals surface area contributed by atoms with Crippen molar-refractivity contribution in [1.29, 1.82) is 0 Å². The summed E-state index contributed by atoms with van der Waals surface area (Å²) in [6.45, 7) is -4.12. The third-order valence-electron chi connectivity index (χ3n) is 5.19. The van der Waals surface area contributed by atoms with Gasteiger partial charge in [0.2, 0.25) is 5.52 Å². The van der Waals surface area contributed by atoms with Crippen LogP contribution in [0.2, 0.25) is 5.02 Å². The molecule has 126 valence electrons. The molecule has 5 aromatic rings. The molecule has 6 rings (SSSR count). The maximum Gasteiger partial charge on any atom is 0.740 e. The Bertz CT molecular complexity index is 1390. The fraction of sp³-hybridized carbons (Fsp3) is 0. The molecule has 7 heteroatoms. The Morgan fingerprint density at radius 1 is 0.962 bits per heavy atom. The van der Waals surface area contributed by atoms with Gasteiger partial charge in [0.05, 0.1) is 0 Å². The summed E-state index contributed by atoms with van der Waals surface area (Å²) in [5, 5.41) is 1.98. The predicted octanol–water partition coefficient (Wildman–Crippen LogP) is 5.23. The Labute approximate surface area is 151 Å². The molecule has 0 spiro atoms. The van der Waals surface area contributed by atoms with Gasteiger partial charge in [-0.3, -0.25) is 4.48 Å². The summed E-state index contributed by atoms with van der Waals surface area (Å²) in [5.41, 5.74) is 2.42. The van der Waals surface area contributed by atoms with Crippen molar-refractivity contribution in [1.82, 2.24) is 4.48 Å². The highest BCUT2D eigenvalue weighted by Crippen LogP contribution is 2.42.